The van der Waals surface area contributed by atoms with Gasteiger partial charge in [0.2, 0.25) is 0 Å². The van der Waals surface area contributed by atoms with Crippen molar-refractivity contribution in [2.45, 2.75) is 64.0 Å². The normalized spacial score (nSPS) is 21.8. The van der Waals surface area contributed by atoms with E-state index in [1.807, 2.05) is 14.0 Å². The van der Waals surface area contributed by atoms with Crippen molar-refractivity contribution in [3.05, 3.63) is 23.7 Å². The summed E-state index contributed by atoms with van der Waals surface area (Å²) in [7, 11) is 1.86. The van der Waals surface area contributed by atoms with Crippen LogP contribution in [0.1, 0.15) is 62.5 Å². The van der Waals surface area contributed by atoms with E-state index in [-0.39, 0.29) is 6.04 Å². The van der Waals surface area contributed by atoms with Gasteiger partial charge in [-0.2, -0.15) is 0 Å². The molecule has 1 unspecified atom stereocenters. The van der Waals surface area contributed by atoms with Crippen molar-refractivity contribution in [3.8, 4) is 0 Å². The number of rotatable bonds is 5. The second kappa shape index (κ2) is 8.56. The Balaban J connectivity index is 1.59. The van der Waals surface area contributed by atoms with Gasteiger partial charge in [0, 0.05) is 19.6 Å². The molecule has 1 atom stereocenters. The van der Waals surface area contributed by atoms with Gasteiger partial charge in [-0.3, -0.25) is 9.89 Å². The van der Waals surface area contributed by atoms with Gasteiger partial charge in [0.15, 0.2) is 5.96 Å². The average molecular weight is 332 g/mol. The second-order valence-corrected chi connectivity index (χ2v) is 7.14. The molecule has 1 saturated carbocycles. The summed E-state index contributed by atoms with van der Waals surface area (Å²) in [4.78, 5) is 6.95. The minimum absolute atomic E-state index is 0.283. The largest absolute Gasteiger partial charge is 0.465 e. The van der Waals surface area contributed by atoms with Crippen molar-refractivity contribution in [1.29, 1.82) is 0 Å². The van der Waals surface area contributed by atoms with Crippen LogP contribution in [0.15, 0.2) is 21.5 Å². The lowest BCUT2D eigenvalue weighted by Gasteiger charge is -2.29. The molecule has 1 aliphatic carbocycles. The van der Waals surface area contributed by atoms with Crippen LogP contribution in [0.2, 0.25) is 0 Å². The molecule has 5 heteroatoms. The minimum Gasteiger partial charge on any atom is -0.465 e. The van der Waals surface area contributed by atoms with Crippen LogP contribution in [0.25, 0.3) is 0 Å². The van der Waals surface area contributed by atoms with Crippen LogP contribution in [-0.2, 0) is 0 Å². The lowest BCUT2D eigenvalue weighted by atomic mass is 9.96. The molecule has 1 aromatic rings. The zero-order valence-electron chi connectivity index (χ0n) is 15.2. The predicted molar refractivity (Wildman–Crippen MR) is 98.4 cm³/mol. The quantitative estimate of drug-likeness (QED) is 0.642. The maximum absolute atomic E-state index is 5.93. The average Bonchev–Trinajstić information content (AvgIpc) is 3.27. The van der Waals surface area contributed by atoms with E-state index >= 15 is 0 Å². The third kappa shape index (κ3) is 4.53. The van der Waals surface area contributed by atoms with Gasteiger partial charge in [0.1, 0.15) is 11.5 Å². The molecule has 0 radical (unpaired) electrons. The molecule has 0 amide bonds. The number of guanidine groups is 1. The molecule has 134 valence electrons. The van der Waals surface area contributed by atoms with Crippen LogP contribution in [0.3, 0.4) is 0 Å². The molecule has 2 aliphatic rings. The van der Waals surface area contributed by atoms with E-state index in [9.17, 15) is 0 Å². The molecule has 2 heterocycles. The third-order valence-corrected chi connectivity index (χ3v) is 5.30. The highest BCUT2D eigenvalue weighted by atomic mass is 16.3. The fourth-order valence-electron chi connectivity index (χ4n) is 3.92. The third-order valence-electron chi connectivity index (χ3n) is 5.30. The number of aliphatic imine (C=N–C) groups is 1. The molecule has 0 aromatic carbocycles. The Morgan fingerprint density at radius 1 is 1.21 bits per heavy atom. The van der Waals surface area contributed by atoms with Gasteiger partial charge in [0.25, 0.3) is 0 Å². The van der Waals surface area contributed by atoms with Crippen molar-refractivity contribution in [2.24, 2.45) is 4.99 Å². The Morgan fingerprint density at radius 2 is 1.96 bits per heavy atom. The molecule has 2 fully saturated rings. The smallest absolute Gasteiger partial charge is 0.191 e. The summed E-state index contributed by atoms with van der Waals surface area (Å²) >= 11 is 0. The molecule has 2 N–H and O–H groups in total. The Bertz CT molecular complexity index is 527. The van der Waals surface area contributed by atoms with E-state index in [2.05, 4.69) is 32.7 Å². The van der Waals surface area contributed by atoms with E-state index in [1.165, 1.54) is 44.9 Å². The summed E-state index contributed by atoms with van der Waals surface area (Å²) in [5, 5.41) is 7.14. The van der Waals surface area contributed by atoms with Crippen LogP contribution >= 0.6 is 0 Å². The van der Waals surface area contributed by atoms with E-state index in [0.717, 1.165) is 37.1 Å². The van der Waals surface area contributed by atoms with Gasteiger partial charge >= 0.3 is 0 Å². The van der Waals surface area contributed by atoms with Gasteiger partial charge in [-0.05, 0) is 57.8 Å². The number of hydrogen-bond donors (Lipinski definition) is 2. The molecule has 24 heavy (non-hydrogen) atoms. The zero-order valence-corrected chi connectivity index (χ0v) is 15.2. The highest BCUT2D eigenvalue weighted by Gasteiger charge is 2.26. The molecular weight excluding hydrogens is 300 g/mol. The van der Waals surface area contributed by atoms with Gasteiger partial charge in [-0.1, -0.05) is 19.3 Å². The summed E-state index contributed by atoms with van der Waals surface area (Å²) in [6, 6.07) is 5.04. The van der Waals surface area contributed by atoms with E-state index < -0.39 is 0 Å². The van der Waals surface area contributed by atoms with Gasteiger partial charge in [-0.25, -0.2) is 0 Å². The Labute approximate surface area is 145 Å². The predicted octanol–water partition coefficient (Wildman–Crippen LogP) is 3.22. The van der Waals surface area contributed by atoms with E-state index in [0.29, 0.717) is 6.04 Å². The Morgan fingerprint density at radius 3 is 2.58 bits per heavy atom. The maximum atomic E-state index is 5.93. The standard InChI is InChI=1S/C19H32N4O/c1-15-10-11-18(24-15)17(23-12-6-7-13-23)14-21-19(20-2)22-16-8-4-3-5-9-16/h10-11,16-17H,3-9,12-14H2,1-2H3,(H2,20,21,22). The second-order valence-electron chi connectivity index (χ2n) is 7.14. The van der Waals surface area contributed by atoms with Gasteiger partial charge in [-0.15, -0.1) is 0 Å². The maximum Gasteiger partial charge on any atom is 0.191 e. The number of nitrogens with one attached hydrogen (secondary N) is 2. The van der Waals surface area contributed by atoms with Gasteiger partial charge < -0.3 is 15.1 Å². The molecule has 5 nitrogen and oxygen atoms in total. The van der Waals surface area contributed by atoms with E-state index in [4.69, 9.17) is 4.42 Å². The fraction of sp³-hybridized carbons (Fsp3) is 0.737. The van der Waals surface area contributed by atoms with Crippen molar-refractivity contribution in [3.63, 3.8) is 0 Å². The van der Waals surface area contributed by atoms with Crippen LogP contribution in [0.4, 0.5) is 0 Å². The highest BCUT2D eigenvalue weighted by molar-refractivity contribution is 5.80. The van der Waals surface area contributed by atoms with Gasteiger partial charge in [0.05, 0.1) is 6.04 Å². The first-order valence-corrected chi connectivity index (χ1v) is 9.54. The molecule has 1 aliphatic heterocycles. The summed E-state index contributed by atoms with van der Waals surface area (Å²) in [6.45, 7) is 5.16. The van der Waals surface area contributed by atoms with Crippen molar-refractivity contribution in [1.82, 2.24) is 15.5 Å². The first-order chi connectivity index (χ1) is 11.8. The monoisotopic (exact) mass is 332 g/mol. The van der Waals surface area contributed by atoms with Crippen LogP contribution in [0.5, 0.6) is 0 Å². The molecular formula is C19H32N4O. The number of likely N-dealkylation sites (tertiary alicyclic amines) is 1. The first-order valence-electron chi connectivity index (χ1n) is 9.54. The molecule has 0 bridgehead atoms. The zero-order chi connectivity index (χ0) is 16.8. The lowest BCUT2D eigenvalue weighted by molar-refractivity contribution is 0.213. The number of nitrogens with zero attached hydrogens (tertiary/aromatic N) is 2. The first kappa shape index (κ1) is 17.3. The van der Waals surface area contributed by atoms with Crippen molar-refractivity contribution >= 4 is 5.96 Å². The summed E-state index contributed by atoms with van der Waals surface area (Å²) < 4.78 is 5.93. The fourth-order valence-corrected chi connectivity index (χ4v) is 3.92. The Kier molecular flexibility index (Phi) is 6.18. The topological polar surface area (TPSA) is 52.8 Å². The Hall–Kier alpha value is -1.49. The molecule has 1 saturated heterocycles. The van der Waals surface area contributed by atoms with Crippen LogP contribution in [0, 0.1) is 6.92 Å². The minimum atomic E-state index is 0.283. The number of hydrogen-bond acceptors (Lipinski definition) is 3. The molecule has 0 spiro atoms. The number of furan rings is 1. The molecule has 3 rings (SSSR count). The van der Waals surface area contributed by atoms with Crippen molar-refractivity contribution < 1.29 is 4.42 Å². The van der Waals surface area contributed by atoms with Crippen LogP contribution in [-0.4, -0.2) is 43.6 Å². The van der Waals surface area contributed by atoms with Crippen molar-refractivity contribution in [2.75, 3.05) is 26.7 Å². The summed E-state index contributed by atoms with van der Waals surface area (Å²) in [6.07, 6.45) is 9.12. The molecule has 1 aromatic heterocycles. The number of aryl methyl sites for hydroxylation is 1. The summed E-state index contributed by atoms with van der Waals surface area (Å²) in [5.74, 6) is 2.98. The highest BCUT2D eigenvalue weighted by Crippen LogP contribution is 2.26. The van der Waals surface area contributed by atoms with Crippen LogP contribution < -0.4 is 10.6 Å². The lowest BCUT2D eigenvalue weighted by Crippen LogP contribution is -2.46. The summed E-state index contributed by atoms with van der Waals surface area (Å²) in [5.41, 5.74) is 0. The van der Waals surface area contributed by atoms with E-state index in [1.54, 1.807) is 0 Å². The SMILES string of the molecule is CN=C(NCC(c1ccc(C)o1)N1CCCC1)NC1CCCCC1.